The second-order valence-corrected chi connectivity index (χ2v) is 9.68. The predicted octanol–water partition coefficient (Wildman–Crippen LogP) is 6.55. The van der Waals surface area contributed by atoms with Crippen LogP contribution in [0, 0.1) is 0 Å². The molecule has 0 radical (unpaired) electrons. The molecular formula is C28H26F3N7O. The minimum atomic E-state index is -4.52. The van der Waals surface area contributed by atoms with Crippen molar-refractivity contribution in [3.63, 3.8) is 0 Å². The zero-order valence-electron chi connectivity index (χ0n) is 21.1. The van der Waals surface area contributed by atoms with E-state index in [0.717, 1.165) is 33.9 Å². The van der Waals surface area contributed by atoms with Crippen molar-refractivity contribution in [2.75, 3.05) is 5.32 Å². The third-order valence-electron chi connectivity index (χ3n) is 6.96. The molecule has 1 saturated carbocycles. The van der Waals surface area contributed by atoms with Crippen LogP contribution in [0.15, 0.2) is 73.3 Å². The van der Waals surface area contributed by atoms with Crippen molar-refractivity contribution in [3.8, 4) is 17.1 Å². The van der Waals surface area contributed by atoms with E-state index in [2.05, 4.69) is 20.4 Å². The summed E-state index contributed by atoms with van der Waals surface area (Å²) < 4.78 is 49.7. The lowest BCUT2D eigenvalue weighted by molar-refractivity contribution is -0.139. The molecule has 0 unspecified atom stereocenters. The van der Waals surface area contributed by atoms with Gasteiger partial charge in [0, 0.05) is 48.3 Å². The van der Waals surface area contributed by atoms with E-state index >= 15 is 0 Å². The van der Waals surface area contributed by atoms with Crippen LogP contribution < -0.4 is 10.1 Å². The van der Waals surface area contributed by atoms with Crippen molar-refractivity contribution in [1.29, 1.82) is 0 Å². The standard InChI is InChI=1S/C28H26F3N7O/c1-37-17-18(15-34-37)26-22-16-33-25(35-19-6-3-2-4-7-19)14-24(22)38(36-26)20-9-11-21(12-10-20)39-27-23(28(29,30)31)8-5-13-32-27/h2-8,13-17,20-21H,9-12H2,1H3,(H,33,35)/t20-,21+. The Morgan fingerprint density at radius 2 is 1.77 bits per heavy atom. The molecule has 200 valence electrons. The number of pyridine rings is 2. The third kappa shape index (κ3) is 5.16. The number of aromatic nitrogens is 6. The Bertz CT molecular complexity index is 1590. The minimum Gasteiger partial charge on any atom is -0.474 e. The van der Waals surface area contributed by atoms with Crippen molar-refractivity contribution >= 4 is 22.4 Å². The van der Waals surface area contributed by atoms with E-state index in [0.29, 0.717) is 31.5 Å². The van der Waals surface area contributed by atoms with Gasteiger partial charge in [0.05, 0.1) is 17.8 Å². The van der Waals surface area contributed by atoms with E-state index in [1.165, 1.54) is 12.3 Å². The molecule has 0 spiro atoms. The van der Waals surface area contributed by atoms with Crippen LogP contribution in [0.5, 0.6) is 5.88 Å². The fourth-order valence-corrected chi connectivity index (χ4v) is 5.07. The van der Waals surface area contributed by atoms with Gasteiger partial charge >= 0.3 is 6.18 Å². The summed E-state index contributed by atoms with van der Waals surface area (Å²) in [5.41, 5.74) is 2.68. The highest BCUT2D eigenvalue weighted by Crippen LogP contribution is 2.39. The fraction of sp³-hybridized carbons (Fsp3) is 0.286. The van der Waals surface area contributed by atoms with Crippen LogP contribution in [-0.4, -0.2) is 35.6 Å². The molecule has 8 nitrogen and oxygen atoms in total. The molecule has 0 atom stereocenters. The first-order chi connectivity index (χ1) is 18.8. The van der Waals surface area contributed by atoms with Crippen molar-refractivity contribution in [3.05, 3.63) is 78.9 Å². The summed E-state index contributed by atoms with van der Waals surface area (Å²) in [6, 6.07) is 14.1. The van der Waals surface area contributed by atoms with Gasteiger partial charge in [0.15, 0.2) is 0 Å². The molecule has 4 heterocycles. The Balaban J connectivity index is 1.27. The van der Waals surface area contributed by atoms with Gasteiger partial charge in [-0.3, -0.25) is 9.36 Å². The first kappa shape index (κ1) is 24.9. The number of hydrogen-bond acceptors (Lipinski definition) is 6. The molecule has 0 amide bonds. The molecule has 1 aromatic carbocycles. The van der Waals surface area contributed by atoms with Crippen LogP contribution >= 0.6 is 0 Å². The number of aryl methyl sites for hydroxylation is 1. The smallest absolute Gasteiger partial charge is 0.421 e. The quantitative estimate of drug-likeness (QED) is 0.267. The van der Waals surface area contributed by atoms with Crippen LogP contribution in [-0.2, 0) is 13.2 Å². The molecule has 1 fully saturated rings. The summed E-state index contributed by atoms with van der Waals surface area (Å²) >= 11 is 0. The highest BCUT2D eigenvalue weighted by molar-refractivity contribution is 5.94. The summed E-state index contributed by atoms with van der Waals surface area (Å²) in [7, 11) is 1.86. The van der Waals surface area contributed by atoms with E-state index in [4.69, 9.17) is 9.84 Å². The maximum atomic E-state index is 13.4. The summed E-state index contributed by atoms with van der Waals surface area (Å²) in [6.07, 6.45) is 4.53. The van der Waals surface area contributed by atoms with Gasteiger partial charge in [-0.1, -0.05) is 18.2 Å². The summed E-state index contributed by atoms with van der Waals surface area (Å²) in [5.74, 6) is 0.332. The van der Waals surface area contributed by atoms with Gasteiger partial charge in [-0.25, -0.2) is 9.97 Å². The third-order valence-corrected chi connectivity index (χ3v) is 6.96. The lowest BCUT2D eigenvalue weighted by atomic mass is 9.93. The molecule has 6 rings (SSSR count). The number of ether oxygens (including phenoxy) is 1. The predicted molar refractivity (Wildman–Crippen MR) is 141 cm³/mol. The Hall–Kier alpha value is -4.41. The number of benzene rings is 1. The van der Waals surface area contributed by atoms with E-state index in [1.807, 2.05) is 60.5 Å². The largest absolute Gasteiger partial charge is 0.474 e. The summed E-state index contributed by atoms with van der Waals surface area (Å²) in [4.78, 5) is 8.49. The second-order valence-electron chi connectivity index (χ2n) is 9.68. The average Bonchev–Trinajstić information content (AvgIpc) is 3.53. The van der Waals surface area contributed by atoms with Crippen LogP contribution in [0.3, 0.4) is 0 Å². The normalized spacial score (nSPS) is 17.8. The zero-order chi connectivity index (χ0) is 27.0. The van der Waals surface area contributed by atoms with Crippen molar-refractivity contribution in [2.45, 2.75) is 44.0 Å². The van der Waals surface area contributed by atoms with E-state index in [9.17, 15) is 13.2 Å². The minimum absolute atomic E-state index is 0.0514. The second kappa shape index (κ2) is 10.0. The number of para-hydroxylation sites is 1. The zero-order valence-corrected chi connectivity index (χ0v) is 21.1. The molecule has 1 N–H and O–H groups in total. The maximum absolute atomic E-state index is 13.4. The van der Waals surface area contributed by atoms with E-state index < -0.39 is 11.7 Å². The lowest BCUT2D eigenvalue weighted by Crippen LogP contribution is -2.27. The van der Waals surface area contributed by atoms with E-state index in [-0.39, 0.29) is 18.0 Å². The number of hydrogen-bond donors (Lipinski definition) is 1. The molecular weight excluding hydrogens is 507 g/mol. The molecule has 1 aliphatic carbocycles. The highest BCUT2D eigenvalue weighted by Gasteiger charge is 2.36. The van der Waals surface area contributed by atoms with Crippen molar-refractivity contribution < 1.29 is 17.9 Å². The maximum Gasteiger partial charge on any atom is 0.421 e. The van der Waals surface area contributed by atoms with Gasteiger partial charge in [-0.2, -0.15) is 23.4 Å². The number of alkyl halides is 3. The van der Waals surface area contributed by atoms with Crippen molar-refractivity contribution in [2.24, 2.45) is 7.05 Å². The van der Waals surface area contributed by atoms with Gasteiger partial charge in [0.2, 0.25) is 5.88 Å². The Morgan fingerprint density at radius 1 is 0.974 bits per heavy atom. The van der Waals surface area contributed by atoms with Crippen LogP contribution in [0.4, 0.5) is 24.7 Å². The molecule has 1 aliphatic rings. The molecule has 5 aromatic rings. The Labute approximate surface area is 222 Å². The Kier molecular flexibility index (Phi) is 6.41. The van der Waals surface area contributed by atoms with Gasteiger partial charge in [-0.05, 0) is 49.9 Å². The highest BCUT2D eigenvalue weighted by atomic mass is 19.4. The molecule has 39 heavy (non-hydrogen) atoms. The first-order valence-corrected chi connectivity index (χ1v) is 12.7. The van der Waals surface area contributed by atoms with E-state index in [1.54, 1.807) is 10.9 Å². The van der Waals surface area contributed by atoms with Gasteiger partial charge in [-0.15, -0.1) is 0 Å². The lowest BCUT2D eigenvalue weighted by Gasteiger charge is -2.29. The number of rotatable bonds is 6. The van der Waals surface area contributed by atoms with Crippen molar-refractivity contribution in [1.82, 2.24) is 29.5 Å². The van der Waals surface area contributed by atoms with Gasteiger partial charge in [0.25, 0.3) is 0 Å². The molecule has 0 aliphatic heterocycles. The molecule has 0 bridgehead atoms. The monoisotopic (exact) mass is 533 g/mol. The van der Waals surface area contributed by atoms with Gasteiger partial charge in [0.1, 0.15) is 23.2 Å². The van der Waals surface area contributed by atoms with Crippen LogP contribution in [0.1, 0.15) is 37.3 Å². The molecule has 11 heteroatoms. The number of nitrogens with zero attached hydrogens (tertiary/aromatic N) is 6. The topological polar surface area (TPSA) is 82.7 Å². The molecule has 4 aromatic heterocycles. The number of anilines is 2. The number of nitrogens with one attached hydrogen (secondary N) is 1. The number of halogens is 3. The Morgan fingerprint density at radius 3 is 2.49 bits per heavy atom. The first-order valence-electron chi connectivity index (χ1n) is 12.7. The average molecular weight is 534 g/mol. The summed E-state index contributed by atoms with van der Waals surface area (Å²) in [5, 5.41) is 13.5. The van der Waals surface area contributed by atoms with Gasteiger partial charge < -0.3 is 10.1 Å². The number of fused-ring (bicyclic) bond motifs is 1. The summed E-state index contributed by atoms with van der Waals surface area (Å²) in [6.45, 7) is 0. The van der Waals surface area contributed by atoms with Crippen LogP contribution in [0.25, 0.3) is 22.2 Å². The SMILES string of the molecule is Cn1cc(-c2nn([C@H]3CC[C@@H](Oc4ncccc4C(F)(F)F)CC3)c3cc(Nc4ccccc4)ncc23)cn1. The van der Waals surface area contributed by atoms with Crippen LogP contribution in [0.2, 0.25) is 0 Å². The fourth-order valence-electron chi connectivity index (χ4n) is 5.07. The molecule has 0 saturated heterocycles.